The SMILES string of the molecule is CCCc1[c]ccc(C2CCCC2)c1. The lowest BCUT2D eigenvalue weighted by molar-refractivity contribution is 0.721. The van der Waals surface area contributed by atoms with Gasteiger partial charge in [-0.3, -0.25) is 0 Å². The van der Waals surface area contributed by atoms with Crippen molar-refractivity contribution in [2.75, 3.05) is 0 Å². The quantitative estimate of drug-likeness (QED) is 0.668. The molecule has 0 aliphatic heterocycles. The van der Waals surface area contributed by atoms with E-state index in [9.17, 15) is 0 Å². The molecule has 75 valence electrons. The molecule has 1 aliphatic rings. The monoisotopic (exact) mass is 187 g/mol. The first-order chi connectivity index (χ1) is 6.90. The van der Waals surface area contributed by atoms with E-state index in [1.165, 1.54) is 44.1 Å². The molecule has 1 saturated carbocycles. The van der Waals surface area contributed by atoms with Crippen molar-refractivity contribution in [1.82, 2.24) is 0 Å². The van der Waals surface area contributed by atoms with Crippen molar-refractivity contribution in [3.63, 3.8) is 0 Å². The van der Waals surface area contributed by atoms with Gasteiger partial charge in [0.2, 0.25) is 0 Å². The van der Waals surface area contributed by atoms with Crippen molar-refractivity contribution >= 4 is 0 Å². The lowest BCUT2D eigenvalue weighted by Crippen LogP contribution is -1.94. The molecular weight excluding hydrogens is 168 g/mol. The zero-order valence-corrected chi connectivity index (χ0v) is 9.05. The van der Waals surface area contributed by atoms with Gasteiger partial charge < -0.3 is 0 Å². The highest BCUT2D eigenvalue weighted by Gasteiger charge is 2.16. The Balaban J connectivity index is 2.12. The molecule has 0 nitrogen and oxygen atoms in total. The van der Waals surface area contributed by atoms with E-state index in [4.69, 9.17) is 0 Å². The lowest BCUT2D eigenvalue weighted by atomic mass is 9.95. The van der Waals surface area contributed by atoms with E-state index in [0.29, 0.717) is 0 Å². The van der Waals surface area contributed by atoms with Crippen LogP contribution in [0.4, 0.5) is 0 Å². The maximum atomic E-state index is 3.33. The molecule has 0 amide bonds. The number of hydrogen-bond donors (Lipinski definition) is 0. The molecule has 0 N–H and O–H groups in total. The van der Waals surface area contributed by atoms with Crippen LogP contribution < -0.4 is 0 Å². The largest absolute Gasteiger partial charge is 0.0651 e. The fraction of sp³-hybridized carbons (Fsp3) is 0.571. The third kappa shape index (κ3) is 2.17. The fourth-order valence-corrected chi connectivity index (χ4v) is 2.46. The van der Waals surface area contributed by atoms with Crippen molar-refractivity contribution in [2.24, 2.45) is 0 Å². The van der Waals surface area contributed by atoms with E-state index < -0.39 is 0 Å². The van der Waals surface area contributed by atoms with Gasteiger partial charge in [0.1, 0.15) is 0 Å². The predicted molar refractivity (Wildman–Crippen MR) is 60.5 cm³/mol. The van der Waals surface area contributed by atoms with Crippen LogP contribution in [0, 0.1) is 6.07 Å². The van der Waals surface area contributed by atoms with E-state index in [1.807, 2.05) is 0 Å². The van der Waals surface area contributed by atoms with Gasteiger partial charge in [-0.25, -0.2) is 0 Å². The highest BCUT2D eigenvalue weighted by molar-refractivity contribution is 5.26. The molecule has 1 aromatic rings. The Labute approximate surface area is 87.3 Å². The van der Waals surface area contributed by atoms with Crippen LogP contribution in [0.2, 0.25) is 0 Å². The second kappa shape index (κ2) is 4.63. The maximum absolute atomic E-state index is 3.33. The van der Waals surface area contributed by atoms with Crippen molar-refractivity contribution in [2.45, 2.75) is 51.4 Å². The summed E-state index contributed by atoms with van der Waals surface area (Å²) in [5, 5.41) is 0. The maximum Gasteiger partial charge on any atom is -0.0149 e. The smallest absolute Gasteiger partial charge is 0.0149 e. The van der Waals surface area contributed by atoms with Gasteiger partial charge in [0, 0.05) is 0 Å². The standard InChI is InChI=1S/C14H19/c1-2-6-12-7-5-10-14(11-12)13-8-3-4-9-13/h5,10-11,13H,2-4,6,8-9H2,1H3. The van der Waals surface area contributed by atoms with Gasteiger partial charge in [0.25, 0.3) is 0 Å². The normalized spacial score (nSPS) is 17.5. The summed E-state index contributed by atoms with van der Waals surface area (Å²) in [4.78, 5) is 0. The molecule has 1 aliphatic carbocycles. The second-order valence-electron chi connectivity index (χ2n) is 4.38. The molecular formula is C14H19. The third-order valence-corrected chi connectivity index (χ3v) is 3.23. The van der Waals surface area contributed by atoms with E-state index in [0.717, 1.165) is 5.92 Å². The molecule has 1 aromatic carbocycles. The second-order valence-corrected chi connectivity index (χ2v) is 4.38. The van der Waals surface area contributed by atoms with Crippen LogP contribution >= 0.6 is 0 Å². The van der Waals surface area contributed by atoms with Crippen molar-refractivity contribution in [3.8, 4) is 0 Å². The zero-order chi connectivity index (χ0) is 9.80. The van der Waals surface area contributed by atoms with E-state index in [-0.39, 0.29) is 0 Å². The predicted octanol–water partition coefficient (Wildman–Crippen LogP) is 4.10. The molecule has 2 rings (SSSR count). The zero-order valence-electron chi connectivity index (χ0n) is 9.05. The Morgan fingerprint density at radius 1 is 1.36 bits per heavy atom. The van der Waals surface area contributed by atoms with Crippen LogP contribution in [0.15, 0.2) is 18.2 Å². The van der Waals surface area contributed by atoms with E-state index in [2.05, 4.69) is 31.2 Å². The topological polar surface area (TPSA) is 0 Å². The van der Waals surface area contributed by atoms with Crippen LogP contribution in [0.1, 0.15) is 56.1 Å². The fourth-order valence-electron chi connectivity index (χ4n) is 2.46. The van der Waals surface area contributed by atoms with Crippen molar-refractivity contribution in [3.05, 3.63) is 35.4 Å². The summed E-state index contributed by atoms with van der Waals surface area (Å²) in [5.74, 6) is 0.847. The van der Waals surface area contributed by atoms with Crippen molar-refractivity contribution < 1.29 is 0 Å². The summed E-state index contributed by atoms with van der Waals surface area (Å²) in [6.45, 7) is 2.23. The van der Waals surface area contributed by atoms with Crippen LogP contribution in [0.25, 0.3) is 0 Å². The van der Waals surface area contributed by atoms with Gasteiger partial charge >= 0.3 is 0 Å². The highest BCUT2D eigenvalue weighted by Crippen LogP contribution is 2.34. The molecule has 1 fully saturated rings. The highest BCUT2D eigenvalue weighted by atomic mass is 14.2. The first-order valence-corrected chi connectivity index (χ1v) is 5.90. The average molecular weight is 187 g/mol. The van der Waals surface area contributed by atoms with Crippen LogP contribution in [0.5, 0.6) is 0 Å². The van der Waals surface area contributed by atoms with Gasteiger partial charge in [-0.2, -0.15) is 0 Å². The summed E-state index contributed by atoms with van der Waals surface area (Å²) in [5.41, 5.74) is 2.96. The number of aryl methyl sites for hydroxylation is 1. The molecule has 14 heavy (non-hydrogen) atoms. The minimum absolute atomic E-state index is 0.847. The molecule has 0 heterocycles. The van der Waals surface area contributed by atoms with E-state index in [1.54, 1.807) is 5.56 Å². The third-order valence-electron chi connectivity index (χ3n) is 3.23. The number of benzene rings is 1. The summed E-state index contributed by atoms with van der Waals surface area (Å²) in [6, 6.07) is 10.1. The minimum Gasteiger partial charge on any atom is -0.0651 e. The summed E-state index contributed by atoms with van der Waals surface area (Å²) >= 11 is 0. The summed E-state index contributed by atoms with van der Waals surface area (Å²) in [6.07, 6.45) is 8.05. The molecule has 0 saturated heterocycles. The van der Waals surface area contributed by atoms with Gasteiger partial charge in [-0.05, 0) is 42.4 Å². The first-order valence-electron chi connectivity index (χ1n) is 5.90. The van der Waals surface area contributed by atoms with Gasteiger partial charge in [0.15, 0.2) is 0 Å². The Morgan fingerprint density at radius 3 is 2.86 bits per heavy atom. The Bertz CT molecular complexity index is 282. The van der Waals surface area contributed by atoms with Crippen LogP contribution in [-0.4, -0.2) is 0 Å². The molecule has 1 radical (unpaired) electrons. The number of rotatable bonds is 3. The lowest BCUT2D eigenvalue weighted by Gasteiger charge is -2.10. The van der Waals surface area contributed by atoms with E-state index >= 15 is 0 Å². The Kier molecular flexibility index (Phi) is 3.23. The molecule has 0 atom stereocenters. The molecule has 0 unspecified atom stereocenters. The van der Waals surface area contributed by atoms with Gasteiger partial charge in [-0.1, -0.05) is 44.4 Å². The Hall–Kier alpha value is -0.780. The number of hydrogen-bond acceptors (Lipinski definition) is 0. The van der Waals surface area contributed by atoms with Gasteiger partial charge in [0.05, 0.1) is 0 Å². The molecule has 0 spiro atoms. The molecule has 0 aromatic heterocycles. The van der Waals surface area contributed by atoms with Crippen LogP contribution in [-0.2, 0) is 6.42 Å². The van der Waals surface area contributed by atoms with Gasteiger partial charge in [-0.15, -0.1) is 0 Å². The molecule has 0 bridgehead atoms. The minimum atomic E-state index is 0.847. The average Bonchev–Trinajstić information content (AvgIpc) is 2.71. The van der Waals surface area contributed by atoms with Crippen LogP contribution in [0.3, 0.4) is 0 Å². The molecule has 0 heteroatoms. The summed E-state index contributed by atoms with van der Waals surface area (Å²) in [7, 11) is 0. The first kappa shape index (κ1) is 9.76. The summed E-state index contributed by atoms with van der Waals surface area (Å²) < 4.78 is 0. The van der Waals surface area contributed by atoms with Crippen molar-refractivity contribution in [1.29, 1.82) is 0 Å². The Morgan fingerprint density at radius 2 is 2.14 bits per heavy atom.